The first-order valence-electron chi connectivity index (χ1n) is 9.38. The summed E-state index contributed by atoms with van der Waals surface area (Å²) in [5.41, 5.74) is 1.30. The molecule has 0 heterocycles. The molecule has 0 aliphatic rings. The molecule has 2 aromatic rings. The smallest absolute Gasteiger partial charge is 0.338 e. The van der Waals surface area contributed by atoms with Crippen molar-refractivity contribution in [3.8, 4) is 5.75 Å². The third-order valence-corrected chi connectivity index (χ3v) is 4.41. The molecular formula is C22H24ClNO5. The summed E-state index contributed by atoms with van der Waals surface area (Å²) in [6.07, 6.45) is 1.80. The van der Waals surface area contributed by atoms with E-state index in [1.165, 1.54) is 13.2 Å². The molecular weight excluding hydrogens is 394 g/mol. The van der Waals surface area contributed by atoms with E-state index in [0.29, 0.717) is 34.2 Å². The van der Waals surface area contributed by atoms with Gasteiger partial charge in [0.25, 0.3) is 0 Å². The second-order valence-corrected chi connectivity index (χ2v) is 6.82. The van der Waals surface area contributed by atoms with Crippen LogP contribution in [0.5, 0.6) is 5.75 Å². The predicted molar refractivity (Wildman–Crippen MR) is 112 cm³/mol. The summed E-state index contributed by atoms with van der Waals surface area (Å²) < 4.78 is 10.3. The zero-order chi connectivity index (χ0) is 21.2. The average Bonchev–Trinajstić information content (AvgIpc) is 2.72. The lowest BCUT2D eigenvalue weighted by Gasteiger charge is -2.09. The monoisotopic (exact) mass is 417 g/mol. The normalized spacial score (nSPS) is 10.3. The molecule has 2 rings (SSSR count). The van der Waals surface area contributed by atoms with E-state index in [-0.39, 0.29) is 24.5 Å². The van der Waals surface area contributed by atoms with E-state index in [9.17, 15) is 14.4 Å². The highest BCUT2D eigenvalue weighted by Crippen LogP contribution is 2.24. The fourth-order valence-corrected chi connectivity index (χ4v) is 2.74. The van der Waals surface area contributed by atoms with Crippen LogP contribution in [-0.2, 0) is 9.53 Å². The molecule has 0 aromatic heterocycles. The summed E-state index contributed by atoms with van der Waals surface area (Å²) in [5.74, 6) is -0.513. The number of rotatable bonds is 10. The fourth-order valence-electron chi connectivity index (χ4n) is 2.57. The lowest BCUT2D eigenvalue weighted by Crippen LogP contribution is -2.14. The third kappa shape index (κ3) is 6.91. The summed E-state index contributed by atoms with van der Waals surface area (Å²) in [6.45, 7) is 2.41. The number of hydrogen-bond donors (Lipinski definition) is 1. The maximum atomic E-state index is 12.4. The van der Waals surface area contributed by atoms with Gasteiger partial charge in [0, 0.05) is 23.6 Å². The molecule has 2 aromatic carbocycles. The van der Waals surface area contributed by atoms with E-state index in [1.54, 1.807) is 36.4 Å². The Morgan fingerprint density at radius 1 is 1.03 bits per heavy atom. The van der Waals surface area contributed by atoms with Crippen LogP contribution in [0.4, 0.5) is 5.69 Å². The van der Waals surface area contributed by atoms with Gasteiger partial charge in [0.15, 0.2) is 5.78 Å². The molecule has 0 spiro atoms. The number of nitrogens with one attached hydrogen (secondary N) is 1. The molecule has 6 nitrogen and oxygen atoms in total. The number of unbranched alkanes of at least 4 members (excludes halogenated alkanes) is 1. The number of hydrogen-bond acceptors (Lipinski definition) is 5. The minimum absolute atomic E-state index is 0.00924. The van der Waals surface area contributed by atoms with E-state index in [1.807, 2.05) is 6.92 Å². The maximum Gasteiger partial charge on any atom is 0.338 e. The highest BCUT2D eigenvalue weighted by molar-refractivity contribution is 6.31. The highest BCUT2D eigenvalue weighted by atomic mass is 35.5. The summed E-state index contributed by atoms with van der Waals surface area (Å²) in [6, 6.07) is 11.2. The van der Waals surface area contributed by atoms with Crippen molar-refractivity contribution in [3.63, 3.8) is 0 Å². The zero-order valence-corrected chi connectivity index (χ0v) is 17.3. The molecule has 0 fully saturated rings. The number of carbonyl (C=O) groups excluding carboxylic acids is 3. The Hall–Kier alpha value is -2.86. The van der Waals surface area contributed by atoms with Gasteiger partial charge >= 0.3 is 5.97 Å². The summed E-state index contributed by atoms with van der Waals surface area (Å²) >= 11 is 5.94. The zero-order valence-electron chi connectivity index (χ0n) is 16.5. The van der Waals surface area contributed by atoms with Gasteiger partial charge in [-0.05, 0) is 48.9 Å². The molecule has 0 atom stereocenters. The Morgan fingerprint density at radius 3 is 2.41 bits per heavy atom. The molecule has 0 aliphatic carbocycles. The largest absolute Gasteiger partial charge is 0.496 e. The van der Waals surface area contributed by atoms with Crippen LogP contribution in [0.2, 0.25) is 5.02 Å². The number of esters is 1. The topological polar surface area (TPSA) is 81.7 Å². The van der Waals surface area contributed by atoms with Crippen molar-refractivity contribution < 1.29 is 23.9 Å². The Balaban J connectivity index is 1.87. The Kier molecular flexibility index (Phi) is 8.68. The highest BCUT2D eigenvalue weighted by Gasteiger charge is 2.15. The van der Waals surface area contributed by atoms with E-state index in [2.05, 4.69) is 5.32 Å². The molecule has 154 valence electrons. The van der Waals surface area contributed by atoms with Gasteiger partial charge in [-0.2, -0.15) is 0 Å². The number of ketones is 1. The first-order valence-corrected chi connectivity index (χ1v) is 9.76. The van der Waals surface area contributed by atoms with Gasteiger partial charge in [-0.1, -0.05) is 24.9 Å². The van der Waals surface area contributed by atoms with Gasteiger partial charge in [0.1, 0.15) is 5.75 Å². The molecule has 0 unspecified atom stereocenters. The number of benzene rings is 2. The Bertz CT molecular complexity index is 864. The number of Topliss-reactive ketones (excluding diaryl/α,β-unsaturated/α-hetero) is 1. The van der Waals surface area contributed by atoms with Crippen LogP contribution in [0.1, 0.15) is 53.3 Å². The van der Waals surface area contributed by atoms with Crippen molar-refractivity contribution in [2.75, 3.05) is 19.0 Å². The van der Waals surface area contributed by atoms with Gasteiger partial charge in [0.05, 0.1) is 24.8 Å². The number of carbonyl (C=O) groups is 3. The molecule has 0 radical (unpaired) electrons. The molecule has 7 heteroatoms. The van der Waals surface area contributed by atoms with Crippen molar-refractivity contribution in [1.29, 1.82) is 0 Å². The van der Waals surface area contributed by atoms with E-state index >= 15 is 0 Å². The van der Waals surface area contributed by atoms with Gasteiger partial charge in [-0.3, -0.25) is 9.59 Å². The molecule has 0 bridgehead atoms. The van der Waals surface area contributed by atoms with Crippen molar-refractivity contribution in [1.82, 2.24) is 0 Å². The van der Waals surface area contributed by atoms with Crippen LogP contribution in [0.15, 0.2) is 42.5 Å². The number of anilines is 1. The standard InChI is InChI=1S/C22H24ClNO5/c1-3-4-13-29-22(27)15-5-8-17(9-6-15)24-21(26)12-10-19(25)18-14-16(23)7-11-20(18)28-2/h5-9,11,14H,3-4,10,12-13H2,1-2H3,(H,24,26). The van der Waals surface area contributed by atoms with Crippen LogP contribution in [0, 0.1) is 0 Å². The Morgan fingerprint density at radius 2 is 1.76 bits per heavy atom. The summed E-state index contributed by atoms with van der Waals surface area (Å²) in [5, 5.41) is 3.13. The third-order valence-electron chi connectivity index (χ3n) is 4.18. The van der Waals surface area contributed by atoms with Crippen molar-refractivity contribution in [2.45, 2.75) is 32.6 Å². The Labute approximate surface area is 175 Å². The SMILES string of the molecule is CCCCOC(=O)c1ccc(NC(=O)CCC(=O)c2cc(Cl)ccc2OC)cc1. The number of ether oxygens (including phenoxy) is 2. The molecule has 0 saturated carbocycles. The summed E-state index contributed by atoms with van der Waals surface area (Å²) in [7, 11) is 1.47. The lowest BCUT2D eigenvalue weighted by molar-refractivity contribution is -0.116. The van der Waals surface area contributed by atoms with Crippen LogP contribution < -0.4 is 10.1 Å². The molecule has 0 saturated heterocycles. The average molecular weight is 418 g/mol. The van der Waals surface area contributed by atoms with Crippen molar-refractivity contribution in [3.05, 3.63) is 58.6 Å². The second-order valence-electron chi connectivity index (χ2n) is 6.38. The number of methoxy groups -OCH3 is 1. The van der Waals surface area contributed by atoms with Crippen LogP contribution >= 0.6 is 11.6 Å². The minimum Gasteiger partial charge on any atom is -0.496 e. The van der Waals surface area contributed by atoms with E-state index < -0.39 is 5.97 Å². The lowest BCUT2D eigenvalue weighted by atomic mass is 10.1. The number of amides is 1. The van der Waals surface area contributed by atoms with Crippen LogP contribution in [0.25, 0.3) is 0 Å². The molecule has 29 heavy (non-hydrogen) atoms. The molecule has 1 amide bonds. The minimum atomic E-state index is -0.391. The van der Waals surface area contributed by atoms with Gasteiger partial charge in [-0.25, -0.2) is 4.79 Å². The van der Waals surface area contributed by atoms with Gasteiger partial charge < -0.3 is 14.8 Å². The van der Waals surface area contributed by atoms with Crippen LogP contribution in [0.3, 0.4) is 0 Å². The first kappa shape index (κ1) is 22.4. The van der Waals surface area contributed by atoms with E-state index in [4.69, 9.17) is 21.1 Å². The first-order chi connectivity index (χ1) is 13.9. The van der Waals surface area contributed by atoms with Crippen molar-refractivity contribution in [2.24, 2.45) is 0 Å². The fraction of sp³-hybridized carbons (Fsp3) is 0.318. The van der Waals surface area contributed by atoms with Gasteiger partial charge in [-0.15, -0.1) is 0 Å². The summed E-state index contributed by atoms with van der Waals surface area (Å²) in [4.78, 5) is 36.4. The molecule has 0 aliphatic heterocycles. The van der Waals surface area contributed by atoms with Crippen LogP contribution in [-0.4, -0.2) is 31.4 Å². The van der Waals surface area contributed by atoms with Crippen molar-refractivity contribution >= 4 is 34.9 Å². The molecule has 1 N–H and O–H groups in total. The van der Waals surface area contributed by atoms with Gasteiger partial charge in [0.2, 0.25) is 5.91 Å². The maximum absolute atomic E-state index is 12.4. The second kappa shape index (κ2) is 11.2. The predicted octanol–water partition coefficient (Wildman–Crippen LogP) is 4.91. The van der Waals surface area contributed by atoms with E-state index in [0.717, 1.165) is 12.8 Å². The quantitative estimate of drug-likeness (QED) is 0.337. The number of halogens is 1.